The van der Waals surface area contributed by atoms with Gasteiger partial charge in [-0.1, -0.05) is 12.8 Å². The number of nitrogens with one attached hydrogen (secondary N) is 1. The first-order valence-electron chi connectivity index (χ1n) is 7.40. The van der Waals surface area contributed by atoms with E-state index in [9.17, 15) is 0 Å². The van der Waals surface area contributed by atoms with Crippen LogP contribution in [0.5, 0.6) is 0 Å². The second-order valence-electron chi connectivity index (χ2n) is 5.93. The van der Waals surface area contributed by atoms with Gasteiger partial charge in [0.25, 0.3) is 0 Å². The van der Waals surface area contributed by atoms with Crippen LogP contribution >= 0.6 is 0 Å². The second kappa shape index (κ2) is 6.72. The standard InChI is InChI=1S/C14H29N3/c1-13(14-5-3-4-6-14)15-7-8-17-11-9-16(2)10-12-17/h13-15H,3-12H2,1-2H3/t13-/m0/s1. The van der Waals surface area contributed by atoms with E-state index in [0.29, 0.717) is 0 Å². The van der Waals surface area contributed by atoms with Crippen LogP contribution in [0.25, 0.3) is 0 Å². The molecule has 0 aromatic rings. The molecule has 1 heterocycles. The molecule has 0 bridgehead atoms. The highest BCUT2D eigenvalue weighted by Gasteiger charge is 2.21. The van der Waals surface area contributed by atoms with Gasteiger partial charge in [0.1, 0.15) is 0 Å². The van der Waals surface area contributed by atoms with Crippen molar-refractivity contribution >= 4 is 0 Å². The smallest absolute Gasteiger partial charge is 0.0110 e. The van der Waals surface area contributed by atoms with Gasteiger partial charge in [0.05, 0.1) is 0 Å². The number of likely N-dealkylation sites (N-methyl/N-ethyl adjacent to an activating group) is 1. The fourth-order valence-corrected chi connectivity index (χ4v) is 3.15. The van der Waals surface area contributed by atoms with Gasteiger partial charge in [-0.2, -0.15) is 0 Å². The van der Waals surface area contributed by atoms with Crippen LogP contribution in [0.2, 0.25) is 0 Å². The number of nitrogens with zero attached hydrogens (tertiary/aromatic N) is 2. The lowest BCUT2D eigenvalue weighted by Gasteiger charge is -2.33. The maximum atomic E-state index is 3.73. The third-order valence-corrected chi connectivity index (χ3v) is 4.60. The molecule has 0 radical (unpaired) electrons. The SMILES string of the molecule is C[C@H](NCCN1CCN(C)CC1)C1CCCC1. The van der Waals surface area contributed by atoms with E-state index in [-0.39, 0.29) is 0 Å². The van der Waals surface area contributed by atoms with Crippen molar-refractivity contribution in [3.05, 3.63) is 0 Å². The molecule has 0 aromatic carbocycles. The maximum Gasteiger partial charge on any atom is 0.0110 e. The summed E-state index contributed by atoms with van der Waals surface area (Å²) in [5.74, 6) is 0.947. The van der Waals surface area contributed by atoms with E-state index < -0.39 is 0 Å². The van der Waals surface area contributed by atoms with Crippen molar-refractivity contribution in [3.8, 4) is 0 Å². The summed E-state index contributed by atoms with van der Waals surface area (Å²) in [5, 5.41) is 3.73. The topological polar surface area (TPSA) is 18.5 Å². The minimum absolute atomic E-state index is 0.727. The molecule has 2 fully saturated rings. The molecular weight excluding hydrogens is 210 g/mol. The van der Waals surface area contributed by atoms with Crippen molar-refractivity contribution in [3.63, 3.8) is 0 Å². The number of rotatable bonds is 5. The largest absolute Gasteiger partial charge is 0.313 e. The van der Waals surface area contributed by atoms with Gasteiger partial charge in [-0.05, 0) is 32.7 Å². The summed E-state index contributed by atoms with van der Waals surface area (Å²) < 4.78 is 0. The highest BCUT2D eigenvalue weighted by atomic mass is 15.2. The molecule has 1 atom stereocenters. The van der Waals surface area contributed by atoms with Gasteiger partial charge >= 0.3 is 0 Å². The molecule has 17 heavy (non-hydrogen) atoms. The zero-order valence-electron chi connectivity index (χ0n) is 11.6. The predicted molar refractivity (Wildman–Crippen MR) is 73.4 cm³/mol. The molecular formula is C14H29N3. The van der Waals surface area contributed by atoms with Crippen molar-refractivity contribution in [2.24, 2.45) is 5.92 Å². The van der Waals surface area contributed by atoms with E-state index in [1.807, 2.05) is 0 Å². The summed E-state index contributed by atoms with van der Waals surface area (Å²) in [7, 11) is 2.22. The fraction of sp³-hybridized carbons (Fsp3) is 1.00. The third-order valence-electron chi connectivity index (χ3n) is 4.60. The lowest BCUT2D eigenvalue weighted by atomic mass is 10.00. The zero-order valence-corrected chi connectivity index (χ0v) is 11.6. The monoisotopic (exact) mass is 239 g/mol. The van der Waals surface area contributed by atoms with E-state index in [4.69, 9.17) is 0 Å². The molecule has 1 N–H and O–H groups in total. The van der Waals surface area contributed by atoms with Crippen molar-refractivity contribution in [2.45, 2.75) is 38.6 Å². The van der Waals surface area contributed by atoms with Crippen LogP contribution in [-0.4, -0.2) is 62.2 Å². The van der Waals surface area contributed by atoms with Crippen LogP contribution < -0.4 is 5.32 Å². The van der Waals surface area contributed by atoms with E-state index in [0.717, 1.165) is 12.0 Å². The minimum atomic E-state index is 0.727. The molecule has 0 spiro atoms. The molecule has 1 saturated heterocycles. The Bertz CT molecular complexity index is 206. The number of hydrogen-bond donors (Lipinski definition) is 1. The van der Waals surface area contributed by atoms with Crippen molar-refractivity contribution in [1.29, 1.82) is 0 Å². The average molecular weight is 239 g/mol. The summed E-state index contributed by atoms with van der Waals surface area (Å²) in [6.07, 6.45) is 5.80. The molecule has 3 nitrogen and oxygen atoms in total. The van der Waals surface area contributed by atoms with Crippen LogP contribution in [0.1, 0.15) is 32.6 Å². The Morgan fingerprint density at radius 2 is 1.76 bits per heavy atom. The molecule has 1 aliphatic carbocycles. The first-order valence-corrected chi connectivity index (χ1v) is 7.40. The lowest BCUT2D eigenvalue weighted by molar-refractivity contribution is 0.152. The molecule has 1 saturated carbocycles. The van der Waals surface area contributed by atoms with Gasteiger partial charge < -0.3 is 10.2 Å². The Labute approximate surface area is 107 Å². The quantitative estimate of drug-likeness (QED) is 0.782. The van der Waals surface area contributed by atoms with Gasteiger partial charge in [-0.3, -0.25) is 4.90 Å². The third kappa shape index (κ3) is 4.23. The summed E-state index contributed by atoms with van der Waals surface area (Å²) in [5.41, 5.74) is 0. The van der Waals surface area contributed by atoms with Gasteiger partial charge in [-0.25, -0.2) is 0 Å². The summed E-state index contributed by atoms with van der Waals surface area (Å²) >= 11 is 0. The van der Waals surface area contributed by atoms with Crippen LogP contribution in [0.4, 0.5) is 0 Å². The van der Waals surface area contributed by atoms with Crippen molar-refractivity contribution in [1.82, 2.24) is 15.1 Å². The summed E-state index contributed by atoms with van der Waals surface area (Å²) in [6.45, 7) is 9.73. The first-order chi connectivity index (χ1) is 8.25. The normalized spacial score (nSPS) is 26.5. The minimum Gasteiger partial charge on any atom is -0.313 e. The summed E-state index contributed by atoms with van der Waals surface area (Å²) in [6, 6.07) is 0.727. The predicted octanol–water partition coefficient (Wildman–Crippen LogP) is 1.40. The average Bonchev–Trinajstić information content (AvgIpc) is 2.85. The van der Waals surface area contributed by atoms with Crippen LogP contribution in [0, 0.1) is 5.92 Å². The Kier molecular flexibility index (Phi) is 5.26. The van der Waals surface area contributed by atoms with Crippen LogP contribution in [0.3, 0.4) is 0 Å². The van der Waals surface area contributed by atoms with Crippen LogP contribution in [-0.2, 0) is 0 Å². The molecule has 1 aliphatic heterocycles. The van der Waals surface area contributed by atoms with E-state index >= 15 is 0 Å². The molecule has 2 rings (SSSR count). The highest BCUT2D eigenvalue weighted by Crippen LogP contribution is 2.27. The lowest BCUT2D eigenvalue weighted by Crippen LogP contribution is -2.47. The number of piperazine rings is 1. The second-order valence-corrected chi connectivity index (χ2v) is 5.93. The van der Waals surface area contributed by atoms with E-state index in [1.54, 1.807) is 0 Å². The maximum absolute atomic E-state index is 3.73. The molecule has 100 valence electrons. The Morgan fingerprint density at radius 1 is 1.12 bits per heavy atom. The van der Waals surface area contributed by atoms with Gasteiger partial charge in [0, 0.05) is 45.3 Å². The molecule has 0 amide bonds. The first kappa shape index (κ1) is 13.3. The van der Waals surface area contributed by atoms with Gasteiger partial charge in [0.15, 0.2) is 0 Å². The Balaban J connectivity index is 1.56. The number of hydrogen-bond acceptors (Lipinski definition) is 3. The van der Waals surface area contributed by atoms with E-state index in [2.05, 4.69) is 29.1 Å². The summed E-state index contributed by atoms with van der Waals surface area (Å²) in [4.78, 5) is 5.01. The molecule has 2 aliphatic rings. The van der Waals surface area contributed by atoms with Crippen molar-refractivity contribution < 1.29 is 0 Å². The van der Waals surface area contributed by atoms with Crippen LogP contribution in [0.15, 0.2) is 0 Å². The zero-order chi connectivity index (χ0) is 12.1. The van der Waals surface area contributed by atoms with Gasteiger partial charge in [-0.15, -0.1) is 0 Å². The fourth-order valence-electron chi connectivity index (χ4n) is 3.15. The molecule has 3 heteroatoms. The highest BCUT2D eigenvalue weighted by molar-refractivity contribution is 4.78. The molecule has 0 aromatic heterocycles. The molecule has 0 unspecified atom stereocenters. The Hall–Kier alpha value is -0.120. The van der Waals surface area contributed by atoms with Crippen molar-refractivity contribution in [2.75, 3.05) is 46.3 Å². The Morgan fingerprint density at radius 3 is 2.41 bits per heavy atom. The van der Waals surface area contributed by atoms with E-state index in [1.165, 1.54) is 65.0 Å². The van der Waals surface area contributed by atoms with Gasteiger partial charge in [0.2, 0.25) is 0 Å².